The molecule has 0 aliphatic heterocycles. The normalized spacial score (nSPS) is 12.4. The lowest BCUT2D eigenvalue weighted by Gasteiger charge is -2.27. The number of benzene rings is 1. The molecule has 2 aromatic heterocycles. The summed E-state index contributed by atoms with van der Waals surface area (Å²) in [6, 6.07) is 6.70. The lowest BCUT2D eigenvalue weighted by Crippen LogP contribution is -2.35. The largest absolute Gasteiger partial charge is 0.475 e. The molecule has 0 bridgehead atoms. The van der Waals surface area contributed by atoms with E-state index in [0.717, 1.165) is 22.3 Å². The zero-order valence-electron chi connectivity index (χ0n) is 20.1. The SMILES string of the molecule is Cc1nn(C(C)(C)COc2cc(-c3cc(F)cc(C(C)C)c3C)ccn2)c(C)c1S(N)(=O)=O. The molecule has 0 unspecified atom stereocenters. The van der Waals surface area contributed by atoms with Crippen LogP contribution in [0.3, 0.4) is 0 Å². The zero-order valence-corrected chi connectivity index (χ0v) is 20.9. The predicted octanol–water partition coefficient (Wildman–Crippen LogP) is 4.59. The number of ether oxygens (including phenoxy) is 1. The Balaban J connectivity index is 1.90. The number of pyridine rings is 1. The Morgan fingerprint density at radius 2 is 1.85 bits per heavy atom. The molecule has 0 fully saturated rings. The minimum absolute atomic E-state index is 0.0261. The van der Waals surface area contributed by atoms with E-state index in [9.17, 15) is 12.8 Å². The highest BCUT2D eigenvalue weighted by atomic mass is 32.2. The first-order valence-corrected chi connectivity index (χ1v) is 12.3. The predicted molar refractivity (Wildman–Crippen MR) is 126 cm³/mol. The quantitative estimate of drug-likeness (QED) is 0.540. The number of sulfonamides is 1. The first-order valence-electron chi connectivity index (χ1n) is 10.7. The van der Waals surface area contributed by atoms with Gasteiger partial charge in [-0.3, -0.25) is 4.68 Å². The second kappa shape index (κ2) is 8.87. The van der Waals surface area contributed by atoms with Crippen LogP contribution >= 0.6 is 0 Å². The van der Waals surface area contributed by atoms with Crippen molar-refractivity contribution in [2.45, 2.75) is 64.8 Å². The molecule has 0 amide bonds. The van der Waals surface area contributed by atoms with E-state index in [1.165, 1.54) is 6.07 Å². The summed E-state index contributed by atoms with van der Waals surface area (Å²) in [5.41, 5.74) is 3.67. The monoisotopic (exact) mass is 474 g/mol. The van der Waals surface area contributed by atoms with Crippen molar-refractivity contribution in [3.8, 4) is 17.0 Å². The van der Waals surface area contributed by atoms with Gasteiger partial charge in [0.2, 0.25) is 15.9 Å². The summed E-state index contributed by atoms with van der Waals surface area (Å²) >= 11 is 0. The molecule has 33 heavy (non-hydrogen) atoms. The third kappa shape index (κ3) is 5.09. The standard InChI is InChI=1S/C24H31FN4O3S/c1-14(2)20-11-19(25)12-21(15(20)3)18-8-9-27-22(10-18)32-13-24(6,7)29-17(5)23(16(4)28-29)33(26,30)31/h8-12,14H,13H2,1-7H3,(H2,26,30,31). The summed E-state index contributed by atoms with van der Waals surface area (Å²) in [7, 11) is -3.89. The van der Waals surface area contributed by atoms with Crippen LogP contribution in [0.1, 0.15) is 56.1 Å². The average molecular weight is 475 g/mol. The van der Waals surface area contributed by atoms with Crippen LogP contribution in [0, 0.1) is 26.6 Å². The van der Waals surface area contributed by atoms with Gasteiger partial charge in [-0.15, -0.1) is 0 Å². The molecule has 0 saturated carbocycles. The van der Waals surface area contributed by atoms with Gasteiger partial charge in [0.15, 0.2) is 0 Å². The summed E-state index contributed by atoms with van der Waals surface area (Å²) in [6.07, 6.45) is 1.62. The third-order valence-corrected chi connectivity index (χ3v) is 6.90. The highest BCUT2D eigenvalue weighted by Gasteiger charge is 2.30. The molecular weight excluding hydrogens is 443 g/mol. The Morgan fingerprint density at radius 1 is 1.18 bits per heavy atom. The molecule has 0 saturated heterocycles. The maximum atomic E-state index is 14.3. The molecule has 3 aromatic rings. The van der Waals surface area contributed by atoms with Crippen molar-refractivity contribution in [1.82, 2.24) is 14.8 Å². The number of rotatable bonds is 7. The van der Waals surface area contributed by atoms with Gasteiger partial charge in [-0.05, 0) is 81.0 Å². The van der Waals surface area contributed by atoms with Gasteiger partial charge < -0.3 is 4.74 Å². The molecule has 178 valence electrons. The van der Waals surface area contributed by atoms with Gasteiger partial charge in [0.1, 0.15) is 17.3 Å². The van der Waals surface area contributed by atoms with Crippen molar-refractivity contribution in [2.24, 2.45) is 5.14 Å². The van der Waals surface area contributed by atoms with Gasteiger partial charge in [-0.1, -0.05) is 13.8 Å². The van der Waals surface area contributed by atoms with Gasteiger partial charge in [-0.25, -0.2) is 22.9 Å². The van der Waals surface area contributed by atoms with Crippen LogP contribution in [0.15, 0.2) is 35.4 Å². The number of nitrogens with two attached hydrogens (primary N) is 1. The summed E-state index contributed by atoms with van der Waals surface area (Å²) in [5, 5.41) is 9.74. The fourth-order valence-corrected chi connectivity index (χ4v) is 5.15. The maximum Gasteiger partial charge on any atom is 0.241 e. The van der Waals surface area contributed by atoms with Crippen LogP contribution in [0.5, 0.6) is 5.88 Å². The molecule has 2 heterocycles. The van der Waals surface area contributed by atoms with Gasteiger partial charge in [0, 0.05) is 12.3 Å². The van der Waals surface area contributed by atoms with E-state index < -0.39 is 15.6 Å². The Bertz CT molecular complexity index is 1300. The van der Waals surface area contributed by atoms with Gasteiger partial charge in [-0.2, -0.15) is 5.10 Å². The molecule has 1 aromatic carbocycles. The number of aromatic nitrogens is 3. The minimum Gasteiger partial charge on any atom is -0.475 e. The lowest BCUT2D eigenvalue weighted by atomic mass is 9.91. The van der Waals surface area contributed by atoms with E-state index in [4.69, 9.17) is 9.88 Å². The van der Waals surface area contributed by atoms with Crippen LogP contribution < -0.4 is 9.88 Å². The smallest absolute Gasteiger partial charge is 0.241 e. The molecule has 7 nitrogen and oxygen atoms in total. The van der Waals surface area contributed by atoms with Crippen molar-refractivity contribution in [2.75, 3.05) is 6.61 Å². The van der Waals surface area contributed by atoms with Crippen LogP contribution in [0.25, 0.3) is 11.1 Å². The number of hydrogen-bond acceptors (Lipinski definition) is 5. The molecule has 0 spiro atoms. The molecule has 0 radical (unpaired) electrons. The van der Waals surface area contributed by atoms with E-state index in [2.05, 4.69) is 10.1 Å². The van der Waals surface area contributed by atoms with Crippen LogP contribution in [0.2, 0.25) is 0 Å². The first kappa shape index (κ1) is 24.9. The topological polar surface area (TPSA) is 100 Å². The Hall–Kier alpha value is -2.78. The molecule has 9 heteroatoms. The van der Waals surface area contributed by atoms with Gasteiger partial charge in [0.25, 0.3) is 0 Å². The Morgan fingerprint density at radius 3 is 2.42 bits per heavy atom. The number of primary sulfonamides is 1. The first-order chi connectivity index (χ1) is 15.2. The maximum absolute atomic E-state index is 14.3. The van der Waals surface area contributed by atoms with E-state index >= 15 is 0 Å². The second-order valence-corrected chi connectivity index (χ2v) is 10.8. The number of aryl methyl sites for hydroxylation is 1. The van der Waals surface area contributed by atoms with E-state index in [-0.39, 0.29) is 23.2 Å². The molecule has 0 aliphatic rings. The van der Waals surface area contributed by atoms with Crippen molar-refractivity contribution in [3.05, 3.63) is 58.8 Å². The fourth-order valence-electron chi connectivity index (χ4n) is 4.20. The second-order valence-electron chi connectivity index (χ2n) is 9.26. The number of hydrogen-bond donors (Lipinski definition) is 1. The third-order valence-electron chi connectivity index (χ3n) is 5.74. The van der Waals surface area contributed by atoms with Crippen LogP contribution in [-0.2, 0) is 15.6 Å². The molecule has 3 rings (SSSR count). The van der Waals surface area contributed by atoms with Crippen molar-refractivity contribution >= 4 is 10.0 Å². The van der Waals surface area contributed by atoms with Gasteiger partial charge in [0.05, 0.1) is 16.9 Å². The van der Waals surface area contributed by atoms with Gasteiger partial charge >= 0.3 is 0 Å². The fraction of sp³-hybridized carbons (Fsp3) is 0.417. The van der Waals surface area contributed by atoms with E-state index in [1.54, 1.807) is 36.9 Å². The zero-order chi connectivity index (χ0) is 24.7. The molecule has 0 atom stereocenters. The van der Waals surface area contributed by atoms with Crippen LogP contribution in [0.4, 0.5) is 4.39 Å². The van der Waals surface area contributed by atoms with Crippen LogP contribution in [-0.4, -0.2) is 29.8 Å². The lowest BCUT2D eigenvalue weighted by molar-refractivity contribution is 0.163. The van der Waals surface area contributed by atoms with Crippen molar-refractivity contribution in [3.63, 3.8) is 0 Å². The minimum atomic E-state index is -3.89. The highest BCUT2D eigenvalue weighted by Crippen LogP contribution is 2.32. The van der Waals surface area contributed by atoms with Crippen molar-refractivity contribution < 1.29 is 17.5 Å². The summed E-state index contributed by atoms with van der Waals surface area (Å²) in [6.45, 7) is 13.3. The van der Waals surface area contributed by atoms with E-state index in [1.807, 2.05) is 40.7 Å². The summed E-state index contributed by atoms with van der Waals surface area (Å²) in [5.74, 6) is 0.291. The molecular formula is C24H31FN4O3S. The summed E-state index contributed by atoms with van der Waals surface area (Å²) < 4.78 is 45.8. The number of nitrogens with zero attached hydrogens (tertiary/aromatic N) is 3. The number of halogens is 1. The molecule has 0 aliphatic carbocycles. The summed E-state index contributed by atoms with van der Waals surface area (Å²) in [4.78, 5) is 4.32. The molecule has 2 N–H and O–H groups in total. The van der Waals surface area contributed by atoms with Crippen molar-refractivity contribution in [1.29, 1.82) is 0 Å². The van der Waals surface area contributed by atoms with E-state index in [0.29, 0.717) is 17.3 Å². The highest BCUT2D eigenvalue weighted by molar-refractivity contribution is 7.89. The Labute approximate surface area is 194 Å². The Kier molecular flexibility index (Phi) is 6.68. The average Bonchev–Trinajstić information content (AvgIpc) is 3.03.